The predicted octanol–water partition coefficient (Wildman–Crippen LogP) is 3.29. The lowest BCUT2D eigenvalue weighted by Gasteiger charge is -2.30. The smallest absolute Gasteiger partial charge is 0.250 e. The van der Waals surface area contributed by atoms with E-state index in [-0.39, 0.29) is 23.8 Å². The molecule has 0 aromatic carbocycles. The third-order valence-corrected chi connectivity index (χ3v) is 6.56. The van der Waals surface area contributed by atoms with E-state index in [1.165, 1.54) is 0 Å². The summed E-state index contributed by atoms with van der Waals surface area (Å²) >= 11 is 0. The number of hydrogen-bond donors (Lipinski definition) is 2. The van der Waals surface area contributed by atoms with Crippen molar-refractivity contribution in [1.82, 2.24) is 25.1 Å². The van der Waals surface area contributed by atoms with Crippen LogP contribution in [0.25, 0.3) is 10.9 Å². The lowest BCUT2D eigenvalue weighted by Crippen LogP contribution is -2.43. The van der Waals surface area contributed by atoms with Gasteiger partial charge in [0.05, 0.1) is 16.9 Å². The zero-order chi connectivity index (χ0) is 22.1. The van der Waals surface area contributed by atoms with Gasteiger partial charge < -0.3 is 20.3 Å². The Labute approximate surface area is 187 Å². The van der Waals surface area contributed by atoms with Crippen molar-refractivity contribution in [1.29, 1.82) is 0 Å². The first-order valence-electron chi connectivity index (χ1n) is 11.4. The standard InChI is InChI=1S/C23H30FN7O/c1-15-7-8-27-23(21(15)24)32-17-5-3-16(4-6-17)31-19-13-20(25-2)28-14-18(19)22(29-31)30-11-9-26-10-12-30/h7-8,13-14,16-17,26H,3-6,9-12H2,1-2H3,(H,25,28). The summed E-state index contributed by atoms with van der Waals surface area (Å²) in [6, 6.07) is 4.02. The Morgan fingerprint density at radius 3 is 2.69 bits per heavy atom. The van der Waals surface area contributed by atoms with Gasteiger partial charge in [0.1, 0.15) is 11.9 Å². The summed E-state index contributed by atoms with van der Waals surface area (Å²) in [4.78, 5) is 11.0. The largest absolute Gasteiger partial charge is 0.472 e. The second-order valence-corrected chi connectivity index (χ2v) is 8.64. The molecule has 1 aliphatic heterocycles. The highest BCUT2D eigenvalue weighted by atomic mass is 19.1. The van der Waals surface area contributed by atoms with Crippen LogP contribution < -0.4 is 20.3 Å². The van der Waals surface area contributed by atoms with Crippen molar-refractivity contribution in [2.24, 2.45) is 0 Å². The SMILES string of the molecule is CNc1cc2c(cn1)c(N1CCNCC1)nn2C1CCC(Oc2nccc(C)c2F)CC1. The zero-order valence-electron chi connectivity index (χ0n) is 18.6. The lowest BCUT2D eigenvalue weighted by atomic mass is 9.93. The van der Waals surface area contributed by atoms with Crippen LogP contribution in [0.1, 0.15) is 37.3 Å². The Balaban J connectivity index is 1.37. The third-order valence-electron chi connectivity index (χ3n) is 6.56. The molecular formula is C23H30FN7O. The minimum absolute atomic E-state index is 0.0287. The topological polar surface area (TPSA) is 80.1 Å². The van der Waals surface area contributed by atoms with E-state index in [0.717, 1.165) is 74.4 Å². The number of halogens is 1. The average molecular weight is 440 g/mol. The van der Waals surface area contributed by atoms with Crippen LogP contribution in [0.2, 0.25) is 0 Å². The molecule has 0 unspecified atom stereocenters. The highest BCUT2D eigenvalue weighted by Gasteiger charge is 2.28. The molecule has 1 saturated carbocycles. The van der Waals surface area contributed by atoms with Gasteiger partial charge >= 0.3 is 0 Å². The summed E-state index contributed by atoms with van der Waals surface area (Å²) in [6.07, 6.45) is 7.03. The maximum atomic E-state index is 14.3. The molecule has 1 aliphatic carbocycles. The number of anilines is 2. The van der Waals surface area contributed by atoms with Gasteiger partial charge in [-0.2, -0.15) is 5.10 Å². The van der Waals surface area contributed by atoms with Crippen LogP contribution in [-0.2, 0) is 0 Å². The van der Waals surface area contributed by atoms with Gasteiger partial charge in [0, 0.05) is 51.7 Å². The number of hydrogen-bond acceptors (Lipinski definition) is 7. The summed E-state index contributed by atoms with van der Waals surface area (Å²) in [5, 5.41) is 12.7. The van der Waals surface area contributed by atoms with Gasteiger partial charge in [-0.25, -0.2) is 14.4 Å². The number of ether oxygens (including phenoxy) is 1. The summed E-state index contributed by atoms with van der Waals surface area (Å²) in [5.41, 5.74) is 1.66. The zero-order valence-corrected chi connectivity index (χ0v) is 18.6. The average Bonchev–Trinajstić information content (AvgIpc) is 3.22. The fourth-order valence-electron chi connectivity index (χ4n) is 4.70. The van der Waals surface area contributed by atoms with Crippen molar-refractivity contribution in [3.8, 4) is 5.88 Å². The highest BCUT2D eigenvalue weighted by molar-refractivity contribution is 5.91. The molecule has 4 heterocycles. The van der Waals surface area contributed by atoms with Crippen molar-refractivity contribution >= 4 is 22.5 Å². The summed E-state index contributed by atoms with van der Waals surface area (Å²) in [7, 11) is 1.88. The molecule has 32 heavy (non-hydrogen) atoms. The Morgan fingerprint density at radius 2 is 1.94 bits per heavy atom. The molecule has 2 N–H and O–H groups in total. The quantitative estimate of drug-likeness (QED) is 0.631. The Morgan fingerprint density at radius 1 is 1.16 bits per heavy atom. The molecule has 170 valence electrons. The molecule has 0 bridgehead atoms. The molecular weight excluding hydrogens is 409 g/mol. The Bertz CT molecular complexity index is 1090. The van der Waals surface area contributed by atoms with E-state index in [1.54, 1.807) is 19.2 Å². The molecule has 5 rings (SSSR count). The van der Waals surface area contributed by atoms with Gasteiger partial charge in [-0.15, -0.1) is 0 Å². The Hall–Kier alpha value is -2.94. The molecule has 1 saturated heterocycles. The summed E-state index contributed by atoms with van der Waals surface area (Å²) in [5.74, 6) is 1.61. The van der Waals surface area contributed by atoms with E-state index in [9.17, 15) is 4.39 Å². The number of nitrogens with one attached hydrogen (secondary N) is 2. The normalized spacial score (nSPS) is 21.7. The number of aromatic nitrogens is 4. The first-order valence-corrected chi connectivity index (χ1v) is 11.4. The fourth-order valence-corrected chi connectivity index (χ4v) is 4.70. The molecule has 2 fully saturated rings. The number of fused-ring (bicyclic) bond motifs is 1. The summed E-state index contributed by atoms with van der Waals surface area (Å²) < 4.78 is 22.4. The van der Waals surface area contributed by atoms with Crippen LogP contribution in [0.15, 0.2) is 24.5 Å². The first kappa shape index (κ1) is 20.9. The number of rotatable bonds is 5. The van der Waals surface area contributed by atoms with Crippen LogP contribution in [0.4, 0.5) is 16.0 Å². The lowest BCUT2D eigenvalue weighted by molar-refractivity contribution is 0.120. The predicted molar refractivity (Wildman–Crippen MR) is 123 cm³/mol. The van der Waals surface area contributed by atoms with E-state index in [4.69, 9.17) is 9.84 Å². The van der Waals surface area contributed by atoms with Gasteiger partial charge in [0.25, 0.3) is 5.88 Å². The number of nitrogens with zero attached hydrogens (tertiary/aromatic N) is 5. The second-order valence-electron chi connectivity index (χ2n) is 8.64. The van der Waals surface area contributed by atoms with E-state index in [0.29, 0.717) is 5.56 Å². The van der Waals surface area contributed by atoms with Gasteiger partial charge in [0.2, 0.25) is 0 Å². The monoisotopic (exact) mass is 439 g/mol. The number of aryl methyl sites for hydroxylation is 1. The summed E-state index contributed by atoms with van der Waals surface area (Å²) in [6.45, 7) is 5.53. The minimum Gasteiger partial charge on any atom is -0.472 e. The number of pyridine rings is 2. The second kappa shape index (κ2) is 8.90. The molecule has 0 spiro atoms. The maximum Gasteiger partial charge on any atom is 0.250 e. The van der Waals surface area contributed by atoms with Gasteiger partial charge in [-0.3, -0.25) is 4.68 Å². The third kappa shape index (κ3) is 3.97. The first-order chi connectivity index (χ1) is 15.6. The van der Waals surface area contributed by atoms with E-state index in [1.807, 2.05) is 13.2 Å². The minimum atomic E-state index is -0.361. The van der Waals surface area contributed by atoms with Gasteiger partial charge in [-0.1, -0.05) is 0 Å². The number of piperazine rings is 1. The van der Waals surface area contributed by atoms with Crippen LogP contribution in [0.3, 0.4) is 0 Å². The molecule has 0 amide bonds. The molecule has 2 aliphatic rings. The van der Waals surface area contributed by atoms with E-state index in [2.05, 4.69) is 36.2 Å². The van der Waals surface area contributed by atoms with Crippen molar-refractivity contribution in [2.75, 3.05) is 43.4 Å². The molecule has 0 atom stereocenters. The molecule has 0 radical (unpaired) electrons. The van der Waals surface area contributed by atoms with Gasteiger partial charge in [0.15, 0.2) is 11.6 Å². The van der Waals surface area contributed by atoms with E-state index >= 15 is 0 Å². The van der Waals surface area contributed by atoms with E-state index < -0.39 is 0 Å². The van der Waals surface area contributed by atoms with Crippen molar-refractivity contribution in [3.63, 3.8) is 0 Å². The fraction of sp³-hybridized carbons (Fsp3) is 0.522. The molecule has 8 nitrogen and oxygen atoms in total. The van der Waals surface area contributed by atoms with Crippen LogP contribution >= 0.6 is 0 Å². The van der Waals surface area contributed by atoms with Crippen molar-refractivity contribution in [2.45, 2.75) is 44.8 Å². The van der Waals surface area contributed by atoms with Crippen molar-refractivity contribution in [3.05, 3.63) is 35.9 Å². The van der Waals surface area contributed by atoms with Gasteiger partial charge in [-0.05, 0) is 44.2 Å². The van der Waals surface area contributed by atoms with Crippen LogP contribution in [0, 0.1) is 12.7 Å². The van der Waals surface area contributed by atoms with Crippen LogP contribution in [-0.4, -0.2) is 59.1 Å². The van der Waals surface area contributed by atoms with Crippen molar-refractivity contribution < 1.29 is 9.13 Å². The maximum absolute atomic E-state index is 14.3. The molecule has 9 heteroatoms. The van der Waals surface area contributed by atoms with Crippen LogP contribution in [0.5, 0.6) is 5.88 Å². The highest BCUT2D eigenvalue weighted by Crippen LogP contribution is 2.36. The molecule has 3 aromatic heterocycles. The molecule has 3 aromatic rings. The Kier molecular flexibility index (Phi) is 5.82.